The quantitative estimate of drug-likeness (QED) is 0.596. The number of hydrogen-bond acceptors (Lipinski definition) is 3. The zero-order chi connectivity index (χ0) is 9.97. The van der Waals surface area contributed by atoms with Crippen LogP contribution in [0.5, 0.6) is 0 Å². The fourth-order valence-corrected chi connectivity index (χ4v) is 1.27. The molecule has 4 N–H and O–H groups in total. The van der Waals surface area contributed by atoms with Gasteiger partial charge in [-0.25, -0.2) is 9.79 Å². The number of benzene rings is 1. The van der Waals surface area contributed by atoms with Gasteiger partial charge in [-0.05, 0) is 5.56 Å². The molecule has 0 saturated heterocycles. The summed E-state index contributed by atoms with van der Waals surface area (Å²) in [6.07, 6.45) is -0.384. The summed E-state index contributed by atoms with van der Waals surface area (Å²) in [6, 6.07) is 9.11. The number of carbonyl (C=O) groups is 1. The first-order chi connectivity index (χ1) is 6.75. The topological polar surface area (TPSA) is 79.5 Å². The molecule has 1 aliphatic heterocycles. The summed E-state index contributed by atoms with van der Waals surface area (Å²) in [5.74, 6) is 0.141. The molecule has 0 saturated carbocycles. The molecule has 1 atom stereocenters. The Labute approximate surface area is 81.0 Å². The van der Waals surface area contributed by atoms with Gasteiger partial charge in [0.25, 0.3) is 0 Å². The summed E-state index contributed by atoms with van der Waals surface area (Å²) in [4.78, 5) is 15.1. The molecule has 2 amide bonds. The molecule has 5 heteroatoms. The zero-order valence-electron chi connectivity index (χ0n) is 7.40. The van der Waals surface area contributed by atoms with Gasteiger partial charge in [0.05, 0.1) is 0 Å². The molecule has 0 radical (unpaired) electrons. The SMILES string of the molecule is NC1=N[C@@H](c2ccccc2)NC(=O)N1. The number of nitrogens with one attached hydrogen (secondary N) is 2. The van der Waals surface area contributed by atoms with Gasteiger partial charge in [0.15, 0.2) is 12.1 Å². The van der Waals surface area contributed by atoms with Gasteiger partial charge in [0.2, 0.25) is 0 Å². The van der Waals surface area contributed by atoms with Gasteiger partial charge in [-0.3, -0.25) is 5.32 Å². The predicted octanol–water partition coefficient (Wildman–Crippen LogP) is 0.313. The molecule has 72 valence electrons. The molecular weight excluding hydrogens is 180 g/mol. The van der Waals surface area contributed by atoms with Crippen LogP contribution in [0.2, 0.25) is 0 Å². The van der Waals surface area contributed by atoms with Gasteiger partial charge in [-0.1, -0.05) is 30.3 Å². The highest BCUT2D eigenvalue weighted by Gasteiger charge is 2.18. The van der Waals surface area contributed by atoms with Gasteiger partial charge < -0.3 is 11.1 Å². The number of guanidine groups is 1. The lowest BCUT2D eigenvalue weighted by Gasteiger charge is -2.20. The third kappa shape index (κ3) is 1.66. The first-order valence-electron chi connectivity index (χ1n) is 4.21. The Kier molecular flexibility index (Phi) is 2.06. The maximum Gasteiger partial charge on any atom is 0.323 e. The number of carbonyl (C=O) groups excluding carboxylic acids is 1. The smallest absolute Gasteiger partial charge is 0.323 e. The van der Waals surface area contributed by atoms with Crippen LogP contribution < -0.4 is 16.4 Å². The van der Waals surface area contributed by atoms with Crippen LogP contribution in [0.3, 0.4) is 0 Å². The average Bonchev–Trinajstić information content (AvgIpc) is 2.18. The summed E-state index contributed by atoms with van der Waals surface area (Å²) in [7, 11) is 0. The van der Waals surface area contributed by atoms with Gasteiger partial charge in [-0.15, -0.1) is 0 Å². The highest BCUT2D eigenvalue weighted by atomic mass is 16.2. The maximum absolute atomic E-state index is 11.1. The molecule has 0 fully saturated rings. The van der Waals surface area contributed by atoms with E-state index in [-0.39, 0.29) is 18.2 Å². The predicted molar refractivity (Wildman–Crippen MR) is 52.5 cm³/mol. The van der Waals surface area contributed by atoms with Crippen molar-refractivity contribution in [3.63, 3.8) is 0 Å². The first kappa shape index (κ1) is 8.55. The summed E-state index contributed by atoms with van der Waals surface area (Å²) >= 11 is 0. The lowest BCUT2D eigenvalue weighted by Crippen LogP contribution is -2.49. The molecular formula is C9H10N4O. The van der Waals surface area contributed by atoms with Crippen LogP contribution in [0.15, 0.2) is 35.3 Å². The number of nitrogens with two attached hydrogens (primary N) is 1. The number of rotatable bonds is 1. The molecule has 0 aromatic heterocycles. The van der Waals surface area contributed by atoms with E-state index in [1.165, 1.54) is 0 Å². The summed E-state index contributed by atoms with van der Waals surface area (Å²) in [5, 5.41) is 5.00. The molecule has 1 heterocycles. The second-order valence-corrected chi connectivity index (χ2v) is 2.93. The molecule has 0 spiro atoms. The van der Waals surface area contributed by atoms with Gasteiger partial charge in [0.1, 0.15) is 0 Å². The standard InChI is InChI=1S/C9H10N4O/c10-8-11-7(12-9(14)13-8)6-4-2-1-3-5-6/h1-5,7H,(H4,10,11,12,13,14)/t7-/m1/s1. The molecule has 1 aliphatic rings. The maximum atomic E-state index is 11.1. The largest absolute Gasteiger partial charge is 0.370 e. The molecule has 14 heavy (non-hydrogen) atoms. The molecule has 5 nitrogen and oxygen atoms in total. The number of urea groups is 1. The van der Waals surface area contributed by atoms with E-state index in [4.69, 9.17) is 5.73 Å². The number of amides is 2. The van der Waals surface area contributed by atoms with Gasteiger partial charge >= 0.3 is 6.03 Å². The zero-order valence-corrected chi connectivity index (χ0v) is 7.40. The van der Waals surface area contributed by atoms with Crippen molar-refractivity contribution in [1.82, 2.24) is 10.6 Å². The third-order valence-corrected chi connectivity index (χ3v) is 1.89. The molecule has 0 unspecified atom stereocenters. The van der Waals surface area contributed by atoms with Crippen LogP contribution >= 0.6 is 0 Å². The number of hydrogen-bond donors (Lipinski definition) is 3. The Morgan fingerprint density at radius 3 is 2.64 bits per heavy atom. The average molecular weight is 190 g/mol. The van der Waals surface area contributed by atoms with Crippen molar-refractivity contribution in [2.45, 2.75) is 6.17 Å². The Bertz CT molecular complexity index is 374. The Hall–Kier alpha value is -2.04. The molecule has 0 bridgehead atoms. The van der Waals surface area contributed by atoms with E-state index in [0.29, 0.717) is 0 Å². The van der Waals surface area contributed by atoms with Crippen molar-refractivity contribution in [2.75, 3.05) is 0 Å². The molecule has 1 aromatic carbocycles. The fourth-order valence-electron chi connectivity index (χ4n) is 1.27. The lowest BCUT2D eigenvalue weighted by atomic mass is 10.2. The van der Waals surface area contributed by atoms with Crippen molar-refractivity contribution < 1.29 is 4.79 Å². The molecule has 1 aromatic rings. The minimum atomic E-state index is -0.384. The Morgan fingerprint density at radius 2 is 2.00 bits per heavy atom. The van der Waals surface area contributed by atoms with Crippen LogP contribution in [-0.4, -0.2) is 12.0 Å². The normalized spacial score (nSPS) is 20.7. The molecule has 2 rings (SSSR count). The summed E-state index contributed by atoms with van der Waals surface area (Å²) in [6.45, 7) is 0. The van der Waals surface area contributed by atoms with Crippen LogP contribution in [0.4, 0.5) is 4.79 Å². The summed E-state index contributed by atoms with van der Waals surface area (Å²) in [5.41, 5.74) is 6.34. The van der Waals surface area contributed by atoms with Gasteiger partial charge in [0, 0.05) is 0 Å². The van der Waals surface area contributed by atoms with E-state index in [0.717, 1.165) is 5.56 Å². The first-order valence-corrected chi connectivity index (χ1v) is 4.21. The van der Waals surface area contributed by atoms with Crippen LogP contribution in [-0.2, 0) is 0 Å². The third-order valence-electron chi connectivity index (χ3n) is 1.89. The van der Waals surface area contributed by atoms with Gasteiger partial charge in [-0.2, -0.15) is 0 Å². The second kappa shape index (κ2) is 3.37. The fraction of sp³-hybridized carbons (Fsp3) is 0.111. The number of nitrogens with zero attached hydrogens (tertiary/aromatic N) is 1. The Balaban J connectivity index is 2.28. The van der Waals surface area contributed by atoms with Crippen molar-refractivity contribution in [3.8, 4) is 0 Å². The number of aliphatic imine (C=N–C) groups is 1. The van der Waals surface area contributed by atoms with E-state index >= 15 is 0 Å². The lowest BCUT2D eigenvalue weighted by molar-refractivity contribution is 0.240. The van der Waals surface area contributed by atoms with Crippen LogP contribution in [0.25, 0.3) is 0 Å². The van der Waals surface area contributed by atoms with E-state index < -0.39 is 0 Å². The minimum absolute atomic E-state index is 0.141. The Morgan fingerprint density at radius 1 is 1.29 bits per heavy atom. The molecule has 0 aliphatic carbocycles. The second-order valence-electron chi connectivity index (χ2n) is 2.93. The van der Waals surface area contributed by atoms with Crippen LogP contribution in [0.1, 0.15) is 11.7 Å². The monoisotopic (exact) mass is 190 g/mol. The van der Waals surface area contributed by atoms with Crippen molar-refractivity contribution in [2.24, 2.45) is 10.7 Å². The van der Waals surface area contributed by atoms with E-state index in [2.05, 4.69) is 15.6 Å². The minimum Gasteiger partial charge on any atom is -0.370 e. The van der Waals surface area contributed by atoms with Crippen molar-refractivity contribution in [3.05, 3.63) is 35.9 Å². The van der Waals surface area contributed by atoms with Crippen molar-refractivity contribution in [1.29, 1.82) is 0 Å². The van der Waals surface area contributed by atoms with E-state index in [9.17, 15) is 4.79 Å². The highest BCUT2D eigenvalue weighted by molar-refractivity contribution is 5.97. The van der Waals surface area contributed by atoms with Crippen molar-refractivity contribution >= 4 is 12.0 Å². The van der Waals surface area contributed by atoms with Crippen LogP contribution in [0, 0.1) is 0 Å². The van der Waals surface area contributed by atoms with E-state index in [1.54, 1.807) is 0 Å². The summed E-state index contributed by atoms with van der Waals surface area (Å²) < 4.78 is 0. The highest BCUT2D eigenvalue weighted by Crippen LogP contribution is 2.14. The van der Waals surface area contributed by atoms with E-state index in [1.807, 2.05) is 30.3 Å².